The lowest BCUT2D eigenvalue weighted by molar-refractivity contribution is -0.342. The first kappa shape index (κ1) is 21.9. The van der Waals surface area contributed by atoms with Gasteiger partial charge in [0.1, 0.15) is 0 Å². The van der Waals surface area contributed by atoms with Crippen molar-refractivity contribution in [1.82, 2.24) is 10.9 Å². The van der Waals surface area contributed by atoms with Gasteiger partial charge in [0, 0.05) is 21.8 Å². The summed E-state index contributed by atoms with van der Waals surface area (Å²) in [6.07, 6.45) is -6.78. The topological polar surface area (TPSA) is 58.2 Å². The summed E-state index contributed by atoms with van der Waals surface area (Å²) in [4.78, 5) is 22.9. The number of amides is 1. The molecular weight excluding hydrogens is 441 g/mol. The molecule has 0 fully saturated rings. The number of rotatable bonds is 6. The van der Waals surface area contributed by atoms with Crippen LogP contribution in [0.4, 0.5) is 30.7 Å². The summed E-state index contributed by atoms with van der Waals surface area (Å²) in [5, 5.41) is 0. The molecule has 1 aromatic rings. The zero-order valence-corrected chi connectivity index (χ0v) is 14.3. The van der Waals surface area contributed by atoms with Gasteiger partial charge in [-0.05, 0) is 25.1 Å². The minimum atomic E-state index is -6.61. The molecule has 0 saturated heterocycles. The van der Waals surface area contributed by atoms with E-state index in [9.17, 15) is 40.3 Å². The van der Waals surface area contributed by atoms with Gasteiger partial charge in [-0.15, -0.1) is 0 Å². The largest absolute Gasteiger partial charge is 0.460 e. The molecule has 0 aliphatic rings. The van der Waals surface area contributed by atoms with Gasteiger partial charge >= 0.3 is 18.0 Å². The summed E-state index contributed by atoms with van der Waals surface area (Å²) in [6, 6.07) is 5.88. The van der Waals surface area contributed by atoms with Gasteiger partial charge in [0.05, 0.1) is 0 Å². The molecule has 4 nitrogen and oxygen atoms in total. The van der Waals surface area contributed by atoms with Gasteiger partial charge in [0.2, 0.25) is 5.78 Å². The zero-order valence-electron chi connectivity index (χ0n) is 12.7. The van der Waals surface area contributed by atoms with Crippen molar-refractivity contribution in [2.24, 2.45) is 0 Å². The van der Waals surface area contributed by atoms with Crippen LogP contribution in [0.5, 0.6) is 0 Å². The average Bonchev–Trinajstić information content (AvgIpc) is 2.51. The van der Waals surface area contributed by atoms with Crippen LogP contribution in [0.1, 0.15) is 17.3 Å². The van der Waals surface area contributed by atoms with Crippen molar-refractivity contribution in [3.05, 3.63) is 46.1 Å². The van der Waals surface area contributed by atoms with E-state index in [1.165, 1.54) is 18.2 Å². The Hall–Kier alpha value is -2.11. The highest BCUT2D eigenvalue weighted by Gasteiger charge is 2.75. The highest BCUT2D eigenvalue weighted by atomic mass is 79.9. The molecule has 0 heterocycles. The van der Waals surface area contributed by atoms with Gasteiger partial charge in [-0.25, -0.2) is 0 Å². The Balaban J connectivity index is 2.83. The van der Waals surface area contributed by atoms with Gasteiger partial charge < -0.3 is 5.43 Å². The van der Waals surface area contributed by atoms with Crippen LogP contribution in [0.3, 0.4) is 0 Å². The number of hydrazine groups is 1. The fraction of sp³-hybridized carbons (Fsp3) is 0.286. The van der Waals surface area contributed by atoms with Crippen LogP contribution in [-0.4, -0.2) is 29.7 Å². The minimum Gasteiger partial charge on any atom is -0.303 e. The SMILES string of the molecule is C/C(=C\C(=O)C(F)(F)C(F)(F)C(F)(F)F)NNC(=O)c1cccc(Br)c1. The Morgan fingerprint density at radius 3 is 2.12 bits per heavy atom. The monoisotopic (exact) mass is 450 g/mol. The maximum atomic E-state index is 13.2. The molecule has 1 aromatic carbocycles. The normalized spacial score (nSPS) is 13.3. The summed E-state index contributed by atoms with van der Waals surface area (Å²) < 4.78 is 88.5. The van der Waals surface area contributed by atoms with Gasteiger partial charge in [0.15, 0.2) is 0 Å². The standard InChI is InChI=1S/C14H10BrF7N2O2/c1-7(23-24-11(26)8-3-2-4-9(15)6-8)5-10(25)12(16,17)13(18,19)14(20,21)22/h2-6,23H,1H3,(H,24,26)/b7-5+. The Labute approximate surface area is 150 Å². The van der Waals surface area contributed by atoms with Crippen LogP contribution in [0.15, 0.2) is 40.5 Å². The van der Waals surface area contributed by atoms with E-state index in [0.29, 0.717) is 4.47 Å². The second kappa shape index (κ2) is 7.64. The van der Waals surface area contributed by atoms with Crippen molar-refractivity contribution in [3.63, 3.8) is 0 Å². The summed E-state index contributed by atoms with van der Waals surface area (Å²) in [5.41, 5.74) is 3.45. The summed E-state index contributed by atoms with van der Waals surface area (Å²) in [5.74, 6) is -16.1. The fourth-order valence-electron chi connectivity index (χ4n) is 1.51. The lowest BCUT2D eigenvalue weighted by Gasteiger charge is -2.26. The van der Waals surface area contributed by atoms with E-state index in [1.807, 2.05) is 10.9 Å². The molecule has 0 aromatic heterocycles. The lowest BCUT2D eigenvalue weighted by atomic mass is 10.1. The van der Waals surface area contributed by atoms with E-state index >= 15 is 0 Å². The summed E-state index contributed by atoms with van der Waals surface area (Å²) in [6.45, 7) is 0.904. The summed E-state index contributed by atoms with van der Waals surface area (Å²) >= 11 is 3.10. The van der Waals surface area contributed by atoms with Crippen LogP contribution in [0, 0.1) is 0 Å². The molecule has 0 unspecified atom stereocenters. The smallest absolute Gasteiger partial charge is 0.303 e. The number of alkyl halides is 7. The minimum absolute atomic E-state index is 0.111. The quantitative estimate of drug-likeness (QED) is 0.391. The van der Waals surface area contributed by atoms with E-state index in [0.717, 1.165) is 6.92 Å². The third-order valence-electron chi connectivity index (χ3n) is 2.87. The molecule has 0 atom stereocenters. The first-order chi connectivity index (χ1) is 11.7. The fourth-order valence-corrected chi connectivity index (χ4v) is 1.91. The Bertz CT molecular complexity index is 732. The van der Waals surface area contributed by atoms with Crippen LogP contribution < -0.4 is 10.9 Å². The second-order valence-electron chi connectivity index (χ2n) is 4.93. The van der Waals surface area contributed by atoms with E-state index in [2.05, 4.69) is 15.9 Å². The first-order valence-electron chi connectivity index (χ1n) is 6.57. The molecular formula is C14H10BrF7N2O2. The van der Waals surface area contributed by atoms with Crippen LogP contribution >= 0.6 is 15.9 Å². The second-order valence-corrected chi connectivity index (χ2v) is 5.84. The molecule has 0 aliphatic heterocycles. The maximum absolute atomic E-state index is 13.2. The average molecular weight is 451 g/mol. The maximum Gasteiger partial charge on any atom is 0.460 e. The molecule has 0 spiro atoms. The van der Waals surface area contributed by atoms with Crippen molar-refractivity contribution < 1.29 is 40.3 Å². The Morgan fingerprint density at radius 2 is 1.62 bits per heavy atom. The van der Waals surface area contributed by atoms with Crippen molar-refractivity contribution in [2.45, 2.75) is 24.9 Å². The molecule has 1 rings (SSSR count). The highest BCUT2D eigenvalue weighted by Crippen LogP contribution is 2.47. The molecule has 2 N–H and O–H groups in total. The molecule has 0 saturated carbocycles. The van der Waals surface area contributed by atoms with Crippen LogP contribution in [-0.2, 0) is 4.79 Å². The number of carbonyl (C=O) groups is 2. The van der Waals surface area contributed by atoms with E-state index in [4.69, 9.17) is 0 Å². The zero-order chi connectivity index (χ0) is 20.3. The van der Waals surface area contributed by atoms with E-state index in [-0.39, 0.29) is 11.6 Å². The number of nitrogens with one attached hydrogen (secondary N) is 2. The highest BCUT2D eigenvalue weighted by molar-refractivity contribution is 9.10. The van der Waals surface area contributed by atoms with Crippen LogP contribution in [0.2, 0.25) is 0 Å². The van der Waals surface area contributed by atoms with Gasteiger partial charge in [-0.2, -0.15) is 30.7 Å². The predicted octanol–water partition coefficient (Wildman–Crippen LogP) is 3.99. The first-order valence-corrected chi connectivity index (χ1v) is 7.36. The van der Waals surface area contributed by atoms with Crippen LogP contribution in [0.25, 0.3) is 0 Å². The van der Waals surface area contributed by atoms with Crippen molar-refractivity contribution in [2.75, 3.05) is 0 Å². The third kappa shape index (κ3) is 4.74. The van der Waals surface area contributed by atoms with Crippen molar-refractivity contribution in [1.29, 1.82) is 0 Å². The molecule has 0 bridgehead atoms. The number of hydrogen-bond acceptors (Lipinski definition) is 3. The van der Waals surface area contributed by atoms with E-state index in [1.54, 1.807) is 6.07 Å². The molecule has 144 valence electrons. The number of halogens is 8. The number of ketones is 1. The van der Waals surface area contributed by atoms with Crippen molar-refractivity contribution in [3.8, 4) is 0 Å². The summed E-state index contributed by atoms with van der Waals surface area (Å²) in [7, 11) is 0. The molecule has 0 radical (unpaired) electrons. The van der Waals surface area contributed by atoms with Gasteiger partial charge in [0.25, 0.3) is 5.91 Å². The molecule has 1 amide bonds. The third-order valence-corrected chi connectivity index (χ3v) is 3.36. The number of allylic oxidation sites excluding steroid dienone is 2. The molecule has 26 heavy (non-hydrogen) atoms. The lowest BCUT2D eigenvalue weighted by Crippen LogP contribution is -2.55. The number of carbonyl (C=O) groups excluding carboxylic acids is 2. The molecule has 0 aliphatic carbocycles. The van der Waals surface area contributed by atoms with Crippen molar-refractivity contribution >= 4 is 27.6 Å². The van der Waals surface area contributed by atoms with Gasteiger partial charge in [-0.3, -0.25) is 15.0 Å². The Morgan fingerprint density at radius 1 is 1.04 bits per heavy atom. The number of hydrogen-bond donors (Lipinski definition) is 2. The molecule has 12 heteroatoms. The Kier molecular flexibility index (Phi) is 6.44. The van der Waals surface area contributed by atoms with E-state index < -0.39 is 35.4 Å². The number of benzene rings is 1. The van der Waals surface area contributed by atoms with Gasteiger partial charge in [-0.1, -0.05) is 22.0 Å². The predicted molar refractivity (Wildman–Crippen MR) is 79.5 cm³/mol.